The molecule has 0 radical (unpaired) electrons. The molecule has 84 valence electrons. The van der Waals surface area contributed by atoms with Crippen LogP contribution in [-0.2, 0) is 9.84 Å². The Bertz CT molecular complexity index is 255. The third-order valence-corrected chi connectivity index (χ3v) is 4.92. The van der Waals surface area contributed by atoms with Gasteiger partial charge in [0.1, 0.15) is 0 Å². The molecule has 14 heavy (non-hydrogen) atoms. The van der Waals surface area contributed by atoms with Crippen LogP contribution in [0.2, 0.25) is 0 Å². The third kappa shape index (κ3) is 4.42. The summed E-state index contributed by atoms with van der Waals surface area (Å²) in [5.41, 5.74) is 0. The van der Waals surface area contributed by atoms with E-state index in [-0.39, 0.29) is 11.0 Å². The third-order valence-electron chi connectivity index (χ3n) is 2.71. The van der Waals surface area contributed by atoms with Gasteiger partial charge in [-0.05, 0) is 32.7 Å². The lowest BCUT2D eigenvalue weighted by atomic mass is 10.3. The van der Waals surface area contributed by atoms with Gasteiger partial charge in [0.15, 0.2) is 9.84 Å². The summed E-state index contributed by atoms with van der Waals surface area (Å²) in [5, 5.41) is 2.95. The van der Waals surface area contributed by atoms with Crippen molar-refractivity contribution in [3.8, 4) is 0 Å². The highest BCUT2D eigenvalue weighted by Gasteiger charge is 2.20. The van der Waals surface area contributed by atoms with Gasteiger partial charge >= 0.3 is 0 Å². The van der Waals surface area contributed by atoms with Gasteiger partial charge in [0, 0.05) is 6.54 Å². The SMILES string of the molecule is CC(C)S(=O)(=O)CCNCCC1CC1. The van der Waals surface area contributed by atoms with Crippen LogP contribution in [0.1, 0.15) is 33.1 Å². The van der Waals surface area contributed by atoms with E-state index in [0.717, 1.165) is 12.5 Å². The van der Waals surface area contributed by atoms with Crippen LogP contribution in [0.5, 0.6) is 0 Å². The van der Waals surface area contributed by atoms with Gasteiger partial charge in [-0.3, -0.25) is 0 Å². The van der Waals surface area contributed by atoms with Crippen molar-refractivity contribution in [2.24, 2.45) is 5.92 Å². The molecule has 0 saturated heterocycles. The highest BCUT2D eigenvalue weighted by atomic mass is 32.2. The summed E-state index contributed by atoms with van der Waals surface area (Å²) in [6.45, 7) is 5.05. The zero-order valence-corrected chi connectivity index (χ0v) is 9.94. The molecule has 0 spiro atoms. The molecular weight excluding hydrogens is 198 g/mol. The molecule has 0 aromatic carbocycles. The van der Waals surface area contributed by atoms with E-state index in [0.29, 0.717) is 6.54 Å². The van der Waals surface area contributed by atoms with Crippen molar-refractivity contribution in [2.45, 2.75) is 38.4 Å². The molecule has 0 heterocycles. The summed E-state index contributed by atoms with van der Waals surface area (Å²) < 4.78 is 22.8. The van der Waals surface area contributed by atoms with Gasteiger partial charge in [0.05, 0.1) is 11.0 Å². The molecule has 1 aliphatic carbocycles. The second-order valence-corrected chi connectivity index (χ2v) is 7.07. The maximum atomic E-state index is 11.4. The molecule has 3 nitrogen and oxygen atoms in total. The van der Waals surface area contributed by atoms with Crippen molar-refractivity contribution in [1.82, 2.24) is 5.32 Å². The van der Waals surface area contributed by atoms with E-state index in [2.05, 4.69) is 5.32 Å². The lowest BCUT2D eigenvalue weighted by Gasteiger charge is -2.08. The van der Waals surface area contributed by atoms with Crippen molar-refractivity contribution in [2.75, 3.05) is 18.8 Å². The molecule has 1 N–H and O–H groups in total. The summed E-state index contributed by atoms with van der Waals surface area (Å²) in [5.74, 6) is 1.19. The Morgan fingerprint density at radius 1 is 1.29 bits per heavy atom. The molecule has 0 bridgehead atoms. The molecule has 0 amide bonds. The molecule has 0 aromatic rings. The minimum absolute atomic E-state index is 0.243. The number of rotatable bonds is 7. The zero-order valence-electron chi connectivity index (χ0n) is 9.12. The van der Waals surface area contributed by atoms with E-state index in [1.807, 2.05) is 0 Å². The largest absolute Gasteiger partial charge is 0.316 e. The highest BCUT2D eigenvalue weighted by molar-refractivity contribution is 7.92. The Balaban J connectivity index is 2.02. The molecule has 0 unspecified atom stereocenters. The first-order valence-electron chi connectivity index (χ1n) is 5.44. The summed E-state index contributed by atoms with van der Waals surface area (Å²) in [6, 6.07) is 0. The minimum atomic E-state index is -2.85. The lowest BCUT2D eigenvalue weighted by molar-refractivity contribution is 0.578. The molecule has 1 rings (SSSR count). The fraction of sp³-hybridized carbons (Fsp3) is 1.00. The van der Waals surface area contributed by atoms with Gasteiger partial charge in [0.2, 0.25) is 0 Å². The minimum Gasteiger partial charge on any atom is -0.316 e. The number of sulfone groups is 1. The van der Waals surface area contributed by atoms with E-state index >= 15 is 0 Å². The monoisotopic (exact) mass is 219 g/mol. The second-order valence-electron chi connectivity index (χ2n) is 4.40. The maximum Gasteiger partial charge on any atom is 0.153 e. The standard InChI is InChI=1S/C10H21NO2S/c1-9(2)14(12,13)8-7-11-6-5-10-3-4-10/h9-11H,3-8H2,1-2H3. The van der Waals surface area contributed by atoms with Crippen LogP contribution in [-0.4, -0.2) is 32.5 Å². The van der Waals surface area contributed by atoms with E-state index in [4.69, 9.17) is 0 Å². The van der Waals surface area contributed by atoms with Crippen molar-refractivity contribution in [3.63, 3.8) is 0 Å². The van der Waals surface area contributed by atoms with Crippen LogP contribution < -0.4 is 5.32 Å². The smallest absolute Gasteiger partial charge is 0.153 e. The van der Waals surface area contributed by atoms with E-state index in [9.17, 15) is 8.42 Å². The van der Waals surface area contributed by atoms with Crippen LogP contribution in [0.25, 0.3) is 0 Å². The van der Waals surface area contributed by atoms with Crippen LogP contribution in [0.15, 0.2) is 0 Å². The van der Waals surface area contributed by atoms with E-state index in [1.54, 1.807) is 13.8 Å². The molecule has 0 aromatic heterocycles. The molecular formula is C10H21NO2S. The van der Waals surface area contributed by atoms with Crippen molar-refractivity contribution < 1.29 is 8.42 Å². The fourth-order valence-corrected chi connectivity index (χ4v) is 2.19. The Hall–Kier alpha value is -0.0900. The molecule has 1 saturated carbocycles. The average molecular weight is 219 g/mol. The Kier molecular flexibility index (Phi) is 4.38. The van der Waals surface area contributed by atoms with Gasteiger partial charge in [-0.1, -0.05) is 12.8 Å². The van der Waals surface area contributed by atoms with Gasteiger partial charge in [0.25, 0.3) is 0 Å². The Morgan fingerprint density at radius 3 is 2.43 bits per heavy atom. The van der Waals surface area contributed by atoms with E-state index in [1.165, 1.54) is 19.3 Å². The van der Waals surface area contributed by atoms with Crippen LogP contribution >= 0.6 is 0 Å². The van der Waals surface area contributed by atoms with Crippen LogP contribution in [0.4, 0.5) is 0 Å². The average Bonchev–Trinajstić information content (AvgIpc) is 2.87. The maximum absolute atomic E-state index is 11.4. The normalized spacial score (nSPS) is 17.6. The molecule has 1 aliphatic rings. The van der Waals surface area contributed by atoms with Gasteiger partial charge in [-0.2, -0.15) is 0 Å². The Labute approximate surface area is 87.2 Å². The topological polar surface area (TPSA) is 46.2 Å². The highest BCUT2D eigenvalue weighted by Crippen LogP contribution is 2.31. The van der Waals surface area contributed by atoms with E-state index < -0.39 is 9.84 Å². The molecule has 4 heteroatoms. The lowest BCUT2D eigenvalue weighted by Crippen LogP contribution is -2.27. The zero-order chi connectivity index (χ0) is 10.6. The van der Waals surface area contributed by atoms with Crippen LogP contribution in [0.3, 0.4) is 0 Å². The van der Waals surface area contributed by atoms with Gasteiger partial charge < -0.3 is 5.32 Å². The number of hydrogen-bond acceptors (Lipinski definition) is 3. The number of hydrogen-bond donors (Lipinski definition) is 1. The summed E-state index contributed by atoms with van der Waals surface area (Å²) in [6.07, 6.45) is 3.94. The molecule has 1 fully saturated rings. The molecule has 0 atom stereocenters. The summed E-state index contributed by atoms with van der Waals surface area (Å²) in [4.78, 5) is 0. The van der Waals surface area contributed by atoms with Crippen molar-refractivity contribution >= 4 is 9.84 Å². The first-order chi connectivity index (χ1) is 6.52. The molecule has 0 aliphatic heterocycles. The van der Waals surface area contributed by atoms with Crippen LogP contribution in [0, 0.1) is 5.92 Å². The van der Waals surface area contributed by atoms with Gasteiger partial charge in [-0.25, -0.2) is 8.42 Å². The second kappa shape index (κ2) is 5.12. The predicted molar refractivity (Wildman–Crippen MR) is 59.1 cm³/mol. The number of nitrogens with one attached hydrogen (secondary N) is 1. The quantitative estimate of drug-likeness (QED) is 0.654. The predicted octanol–water partition coefficient (Wildman–Crippen LogP) is 1.20. The fourth-order valence-electron chi connectivity index (χ4n) is 1.29. The van der Waals surface area contributed by atoms with Crippen molar-refractivity contribution in [1.29, 1.82) is 0 Å². The summed E-state index contributed by atoms with van der Waals surface area (Å²) in [7, 11) is -2.85. The first kappa shape index (κ1) is 12.0. The van der Waals surface area contributed by atoms with Crippen molar-refractivity contribution in [3.05, 3.63) is 0 Å². The van der Waals surface area contributed by atoms with Gasteiger partial charge in [-0.15, -0.1) is 0 Å². The first-order valence-corrected chi connectivity index (χ1v) is 7.16. The summed E-state index contributed by atoms with van der Waals surface area (Å²) >= 11 is 0. The Morgan fingerprint density at radius 2 is 1.93 bits per heavy atom.